The van der Waals surface area contributed by atoms with E-state index in [-0.39, 0.29) is 0 Å². The molecule has 0 aromatic heterocycles. The predicted octanol–water partition coefficient (Wildman–Crippen LogP) is -0.647. The number of carboxylic acids is 1. The molecule has 1 rings (SSSR count). The topological polar surface area (TPSA) is 72.5 Å². The second-order valence-electron chi connectivity index (χ2n) is 2.10. The molecule has 56 valence electrons. The largest absolute Gasteiger partial charge is 0.479 e. The van der Waals surface area contributed by atoms with Crippen molar-refractivity contribution in [3.63, 3.8) is 0 Å². The van der Waals surface area contributed by atoms with Crippen molar-refractivity contribution in [2.45, 2.75) is 12.1 Å². The third-order valence-corrected chi connectivity index (χ3v) is 1.32. The molecule has 3 N–H and O–H groups in total. The SMILES string of the molecule is NC1C=CCOC1C(=O)O. The van der Waals surface area contributed by atoms with Gasteiger partial charge in [-0.05, 0) is 0 Å². The summed E-state index contributed by atoms with van der Waals surface area (Å²) in [5.41, 5.74) is 5.39. The number of hydrogen-bond donors (Lipinski definition) is 2. The lowest BCUT2D eigenvalue weighted by atomic mass is 10.1. The number of hydrogen-bond acceptors (Lipinski definition) is 3. The Kier molecular flexibility index (Phi) is 2.03. The molecule has 0 saturated heterocycles. The maximum Gasteiger partial charge on any atom is 0.334 e. The summed E-state index contributed by atoms with van der Waals surface area (Å²) in [6.07, 6.45) is 2.48. The van der Waals surface area contributed by atoms with E-state index in [9.17, 15) is 4.79 Å². The van der Waals surface area contributed by atoms with E-state index in [2.05, 4.69) is 0 Å². The Bertz CT molecular complexity index is 166. The molecule has 0 aliphatic carbocycles. The highest BCUT2D eigenvalue weighted by Crippen LogP contribution is 2.04. The predicted molar refractivity (Wildman–Crippen MR) is 34.5 cm³/mol. The second kappa shape index (κ2) is 2.81. The fraction of sp³-hybridized carbons (Fsp3) is 0.500. The summed E-state index contributed by atoms with van der Waals surface area (Å²) in [6.45, 7) is 0.338. The molecule has 10 heavy (non-hydrogen) atoms. The molecule has 0 radical (unpaired) electrons. The molecule has 0 spiro atoms. The highest BCUT2D eigenvalue weighted by Gasteiger charge is 2.25. The number of carboxylic acid groups (broad SMARTS) is 1. The molecular formula is C6H9NO3. The van der Waals surface area contributed by atoms with E-state index >= 15 is 0 Å². The van der Waals surface area contributed by atoms with Gasteiger partial charge in [0.05, 0.1) is 12.6 Å². The van der Waals surface area contributed by atoms with Crippen LogP contribution in [-0.2, 0) is 9.53 Å². The summed E-state index contributed by atoms with van der Waals surface area (Å²) >= 11 is 0. The van der Waals surface area contributed by atoms with Gasteiger partial charge in [0.1, 0.15) is 0 Å². The van der Waals surface area contributed by atoms with Crippen molar-refractivity contribution in [2.24, 2.45) is 5.73 Å². The van der Waals surface area contributed by atoms with E-state index in [1.165, 1.54) is 0 Å². The van der Waals surface area contributed by atoms with E-state index < -0.39 is 18.1 Å². The van der Waals surface area contributed by atoms with Crippen LogP contribution in [0.5, 0.6) is 0 Å². The summed E-state index contributed by atoms with van der Waals surface area (Å²) in [7, 11) is 0. The molecule has 2 unspecified atom stereocenters. The van der Waals surface area contributed by atoms with Crippen LogP contribution in [0.15, 0.2) is 12.2 Å². The first-order chi connectivity index (χ1) is 4.72. The molecule has 0 aromatic carbocycles. The van der Waals surface area contributed by atoms with Gasteiger partial charge in [0.25, 0.3) is 0 Å². The molecule has 4 heteroatoms. The van der Waals surface area contributed by atoms with Crippen molar-refractivity contribution in [3.05, 3.63) is 12.2 Å². The van der Waals surface area contributed by atoms with Crippen LogP contribution in [0.1, 0.15) is 0 Å². The van der Waals surface area contributed by atoms with Crippen LogP contribution in [0.4, 0.5) is 0 Å². The second-order valence-corrected chi connectivity index (χ2v) is 2.10. The van der Waals surface area contributed by atoms with E-state index in [0.717, 1.165) is 0 Å². The smallest absolute Gasteiger partial charge is 0.334 e. The Morgan fingerprint density at radius 2 is 2.50 bits per heavy atom. The van der Waals surface area contributed by atoms with Gasteiger partial charge < -0.3 is 15.6 Å². The number of nitrogens with two attached hydrogens (primary N) is 1. The number of aliphatic carboxylic acids is 1. The van der Waals surface area contributed by atoms with Crippen LogP contribution < -0.4 is 5.73 Å². The van der Waals surface area contributed by atoms with E-state index in [0.29, 0.717) is 6.61 Å². The van der Waals surface area contributed by atoms with Crippen LogP contribution in [0, 0.1) is 0 Å². The molecule has 0 saturated carbocycles. The average molecular weight is 143 g/mol. The Balaban J connectivity index is 2.60. The zero-order valence-electron chi connectivity index (χ0n) is 5.36. The van der Waals surface area contributed by atoms with Crippen LogP contribution >= 0.6 is 0 Å². The van der Waals surface area contributed by atoms with Crippen molar-refractivity contribution < 1.29 is 14.6 Å². The molecule has 1 aliphatic heterocycles. The highest BCUT2D eigenvalue weighted by atomic mass is 16.5. The van der Waals surface area contributed by atoms with Gasteiger partial charge in [-0.2, -0.15) is 0 Å². The van der Waals surface area contributed by atoms with Gasteiger partial charge >= 0.3 is 5.97 Å². The lowest BCUT2D eigenvalue weighted by Gasteiger charge is -2.20. The van der Waals surface area contributed by atoms with Gasteiger partial charge in [-0.25, -0.2) is 4.79 Å². The van der Waals surface area contributed by atoms with Gasteiger partial charge in [-0.3, -0.25) is 0 Å². The third kappa shape index (κ3) is 1.34. The summed E-state index contributed by atoms with van der Waals surface area (Å²) in [5.74, 6) is -1.00. The number of ether oxygens (including phenoxy) is 1. The van der Waals surface area contributed by atoms with E-state index in [4.69, 9.17) is 15.6 Å². The molecule has 0 bridgehead atoms. The fourth-order valence-corrected chi connectivity index (χ4v) is 0.820. The normalized spacial score (nSPS) is 32.1. The van der Waals surface area contributed by atoms with E-state index in [1.807, 2.05) is 0 Å². The van der Waals surface area contributed by atoms with E-state index in [1.54, 1.807) is 12.2 Å². The Morgan fingerprint density at radius 3 is 2.90 bits per heavy atom. The summed E-state index contributed by atoms with van der Waals surface area (Å²) in [4.78, 5) is 10.3. The minimum atomic E-state index is -1.00. The van der Waals surface area contributed by atoms with Crippen LogP contribution in [0.3, 0.4) is 0 Å². The first-order valence-corrected chi connectivity index (χ1v) is 2.98. The first-order valence-electron chi connectivity index (χ1n) is 2.98. The van der Waals surface area contributed by atoms with Crippen LogP contribution in [0.25, 0.3) is 0 Å². The van der Waals surface area contributed by atoms with Crippen LogP contribution in [0.2, 0.25) is 0 Å². The molecule has 4 nitrogen and oxygen atoms in total. The fourth-order valence-electron chi connectivity index (χ4n) is 0.820. The van der Waals surface area contributed by atoms with Crippen molar-refractivity contribution in [3.8, 4) is 0 Å². The number of rotatable bonds is 1. The molecule has 0 amide bonds. The number of carbonyl (C=O) groups is 1. The van der Waals surface area contributed by atoms with Gasteiger partial charge in [0, 0.05) is 0 Å². The molecule has 0 fully saturated rings. The minimum Gasteiger partial charge on any atom is -0.479 e. The molecule has 1 aliphatic rings. The minimum absolute atomic E-state index is 0.338. The molecular weight excluding hydrogens is 134 g/mol. The molecule has 0 aromatic rings. The maximum absolute atomic E-state index is 10.3. The van der Waals surface area contributed by atoms with Crippen molar-refractivity contribution >= 4 is 5.97 Å². The lowest BCUT2D eigenvalue weighted by Crippen LogP contribution is -2.43. The van der Waals surface area contributed by atoms with Gasteiger partial charge in [-0.1, -0.05) is 12.2 Å². The zero-order chi connectivity index (χ0) is 7.56. The summed E-state index contributed by atoms with van der Waals surface area (Å²) in [5, 5.41) is 8.47. The first kappa shape index (κ1) is 7.24. The Labute approximate surface area is 58.3 Å². The maximum atomic E-state index is 10.3. The van der Waals surface area contributed by atoms with Crippen molar-refractivity contribution in [2.75, 3.05) is 6.61 Å². The highest BCUT2D eigenvalue weighted by molar-refractivity contribution is 5.73. The monoisotopic (exact) mass is 143 g/mol. The Hall–Kier alpha value is -0.870. The molecule has 2 atom stereocenters. The van der Waals surface area contributed by atoms with Crippen molar-refractivity contribution in [1.82, 2.24) is 0 Å². The standard InChI is InChI=1S/C6H9NO3/c7-4-2-1-3-10-5(4)6(8)9/h1-2,4-5H,3,7H2,(H,8,9). The van der Waals surface area contributed by atoms with Gasteiger partial charge in [0.2, 0.25) is 0 Å². The molecule has 1 heterocycles. The quantitative estimate of drug-likeness (QED) is 0.478. The van der Waals surface area contributed by atoms with Crippen LogP contribution in [-0.4, -0.2) is 29.8 Å². The van der Waals surface area contributed by atoms with Crippen molar-refractivity contribution in [1.29, 1.82) is 0 Å². The summed E-state index contributed by atoms with van der Waals surface area (Å²) in [6, 6.07) is -0.508. The zero-order valence-corrected chi connectivity index (χ0v) is 5.36. The Morgan fingerprint density at radius 1 is 1.80 bits per heavy atom. The lowest BCUT2D eigenvalue weighted by molar-refractivity contribution is -0.150. The summed E-state index contributed by atoms with van der Waals surface area (Å²) < 4.78 is 4.84. The average Bonchev–Trinajstić information content (AvgIpc) is 1.88. The third-order valence-electron chi connectivity index (χ3n) is 1.32. The van der Waals surface area contributed by atoms with Gasteiger partial charge in [-0.15, -0.1) is 0 Å². The van der Waals surface area contributed by atoms with Gasteiger partial charge in [0.15, 0.2) is 6.10 Å².